The van der Waals surface area contributed by atoms with E-state index in [9.17, 15) is 4.79 Å². The average molecular weight is 228 g/mol. The van der Waals surface area contributed by atoms with Gasteiger partial charge in [-0.1, -0.05) is 6.92 Å². The molecule has 0 aromatic rings. The number of rotatable bonds is 5. The summed E-state index contributed by atoms with van der Waals surface area (Å²) in [4.78, 5) is 14.0. The van der Waals surface area contributed by atoms with E-state index >= 15 is 0 Å². The lowest BCUT2D eigenvalue weighted by Crippen LogP contribution is -2.48. The molecule has 1 fully saturated rings. The van der Waals surface area contributed by atoms with Crippen LogP contribution in [0.1, 0.15) is 39.5 Å². The van der Waals surface area contributed by atoms with Crippen LogP contribution >= 0.6 is 0 Å². The summed E-state index contributed by atoms with van der Waals surface area (Å²) in [5, 5.41) is 0. The van der Waals surface area contributed by atoms with Crippen LogP contribution in [0.25, 0.3) is 0 Å². The van der Waals surface area contributed by atoms with Crippen LogP contribution in [-0.2, 0) is 9.53 Å². The molecule has 0 saturated heterocycles. The number of carbonyl (C=O) groups excluding carboxylic acids is 1. The second-order valence-electron chi connectivity index (χ2n) is 4.75. The Morgan fingerprint density at radius 3 is 2.81 bits per heavy atom. The Balaban J connectivity index is 2.52. The first-order valence-corrected chi connectivity index (χ1v) is 6.20. The highest BCUT2D eigenvalue weighted by molar-refractivity contribution is 5.81. The first-order chi connectivity index (χ1) is 7.53. The van der Waals surface area contributed by atoms with E-state index < -0.39 is 5.54 Å². The maximum absolute atomic E-state index is 11.7. The molecular formula is C12H24N2O2. The van der Waals surface area contributed by atoms with Gasteiger partial charge in [0.2, 0.25) is 0 Å². The van der Waals surface area contributed by atoms with E-state index in [1.807, 2.05) is 6.92 Å². The number of carbonyl (C=O) groups is 1. The Morgan fingerprint density at radius 2 is 2.25 bits per heavy atom. The molecule has 0 heterocycles. The third-order valence-electron chi connectivity index (χ3n) is 3.41. The smallest absolute Gasteiger partial charge is 0.326 e. The van der Waals surface area contributed by atoms with Gasteiger partial charge in [-0.25, -0.2) is 0 Å². The summed E-state index contributed by atoms with van der Waals surface area (Å²) >= 11 is 0. The molecule has 0 radical (unpaired) electrons. The lowest BCUT2D eigenvalue weighted by molar-refractivity contribution is -0.149. The van der Waals surface area contributed by atoms with Gasteiger partial charge >= 0.3 is 5.97 Å². The zero-order valence-electron chi connectivity index (χ0n) is 10.7. The number of hydrogen-bond donors (Lipinski definition) is 1. The zero-order valence-corrected chi connectivity index (χ0v) is 10.7. The molecule has 2 atom stereocenters. The van der Waals surface area contributed by atoms with Crippen LogP contribution in [0.3, 0.4) is 0 Å². The Bertz CT molecular complexity index is 245. The molecule has 2 unspecified atom stereocenters. The minimum atomic E-state index is -0.747. The molecule has 0 bridgehead atoms. The Labute approximate surface area is 98.1 Å². The molecule has 4 nitrogen and oxygen atoms in total. The summed E-state index contributed by atoms with van der Waals surface area (Å²) in [6, 6.07) is 0.425. The van der Waals surface area contributed by atoms with E-state index in [0.717, 1.165) is 32.2 Å². The van der Waals surface area contributed by atoms with Crippen molar-refractivity contribution in [3.05, 3.63) is 0 Å². The fourth-order valence-electron chi connectivity index (χ4n) is 2.42. The molecule has 94 valence electrons. The van der Waals surface area contributed by atoms with Gasteiger partial charge in [0.25, 0.3) is 0 Å². The Hall–Kier alpha value is -0.610. The summed E-state index contributed by atoms with van der Waals surface area (Å²) in [5.41, 5.74) is 5.36. The van der Waals surface area contributed by atoms with E-state index in [1.165, 1.54) is 0 Å². The van der Waals surface area contributed by atoms with E-state index in [2.05, 4.69) is 18.9 Å². The normalized spacial score (nSPS) is 29.7. The predicted molar refractivity (Wildman–Crippen MR) is 64.1 cm³/mol. The second kappa shape index (κ2) is 5.64. The average Bonchev–Trinajstić information content (AvgIpc) is 2.63. The van der Waals surface area contributed by atoms with Crippen molar-refractivity contribution < 1.29 is 9.53 Å². The van der Waals surface area contributed by atoms with Crippen molar-refractivity contribution >= 4 is 5.97 Å². The van der Waals surface area contributed by atoms with Crippen LogP contribution in [0.5, 0.6) is 0 Å². The summed E-state index contributed by atoms with van der Waals surface area (Å²) in [7, 11) is 2.10. The molecule has 2 N–H and O–H groups in total. The number of ether oxygens (including phenoxy) is 1. The van der Waals surface area contributed by atoms with Crippen molar-refractivity contribution in [2.75, 3.05) is 20.2 Å². The van der Waals surface area contributed by atoms with Gasteiger partial charge in [-0.2, -0.15) is 0 Å². The van der Waals surface area contributed by atoms with E-state index in [0.29, 0.717) is 12.6 Å². The van der Waals surface area contributed by atoms with Gasteiger partial charge in [0.05, 0.1) is 6.61 Å². The highest BCUT2D eigenvalue weighted by Gasteiger charge is 2.44. The van der Waals surface area contributed by atoms with Crippen LogP contribution in [0.4, 0.5) is 0 Å². The zero-order chi connectivity index (χ0) is 12.2. The molecule has 1 aliphatic carbocycles. The van der Waals surface area contributed by atoms with Crippen molar-refractivity contribution in [3.8, 4) is 0 Å². The number of nitrogens with two attached hydrogens (primary N) is 1. The van der Waals surface area contributed by atoms with Crippen molar-refractivity contribution in [3.63, 3.8) is 0 Å². The van der Waals surface area contributed by atoms with Gasteiger partial charge in [0.1, 0.15) is 5.54 Å². The molecule has 1 rings (SSSR count). The van der Waals surface area contributed by atoms with Crippen LogP contribution < -0.4 is 5.73 Å². The molecule has 1 saturated carbocycles. The lowest BCUT2D eigenvalue weighted by Gasteiger charge is -2.26. The molecule has 1 aliphatic rings. The predicted octanol–water partition coefficient (Wildman–Crippen LogP) is 1.14. The second-order valence-corrected chi connectivity index (χ2v) is 4.75. The maximum atomic E-state index is 11.7. The SMILES string of the molecule is CCCN(C)C1CCC(N)(C(=O)OCC)C1. The van der Waals surface area contributed by atoms with Gasteiger partial charge in [0.15, 0.2) is 0 Å². The van der Waals surface area contributed by atoms with Crippen molar-refractivity contribution in [1.82, 2.24) is 4.90 Å². The molecule has 0 aromatic heterocycles. The topological polar surface area (TPSA) is 55.6 Å². The first-order valence-electron chi connectivity index (χ1n) is 6.20. The third-order valence-corrected chi connectivity index (χ3v) is 3.41. The van der Waals surface area contributed by atoms with Gasteiger partial charge in [-0.3, -0.25) is 4.79 Å². The Kier molecular flexibility index (Phi) is 4.74. The van der Waals surface area contributed by atoms with Crippen LogP contribution in [0.15, 0.2) is 0 Å². The fourth-order valence-corrected chi connectivity index (χ4v) is 2.42. The van der Waals surface area contributed by atoms with Gasteiger partial charge in [0, 0.05) is 6.04 Å². The van der Waals surface area contributed by atoms with Crippen LogP contribution in [0.2, 0.25) is 0 Å². The minimum Gasteiger partial charge on any atom is -0.465 e. The molecule has 0 amide bonds. The minimum absolute atomic E-state index is 0.234. The molecule has 0 spiro atoms. The molecule has 0 aromatic carbocycles. The lowest BCUT2D eigenvalue weighted by atomic mass is 9.99. The van der Waals surface area contributed by atoms with Crippen molar-refractivity contribution in [2.24, 2.45) is 5.73 Å². The summed E-state index contributed by atoms with van der Waals surface area (Å²) in [5.74, 6) is -0.234. The third kappa shape index (κ3) is 2.95. The largest absolute Gasteiger partial charge is 0.465 e. The number of nitrogens with zero attached hydrogens (tertiary/aromatic N) is 1. The maximum Gasteiger partial charge on any atom is 0.326 e. The molecule has 16 heavy (non-hydrogen) atoms. The van der Waals surface area contributed by atoms with Crippen LogP contribution in [0, 0.1) is 0 Å². The highest BCUT2D eigenvalue weighted by Crippen LogP contribution is 2.31. The molecular weight excluding hydrogens is 204 g/mol. The van der Waals surface area contributed by atoms with E-state index in [-0.39, 0.29) is 5.97 Å². The van der Waals surface area contributed by atoms with Crippen LogP contribution in [-0.4, -0.2) is 42.6 Å². The van der Waals surface area contributed by atoms with E-state index in [1.54, 1.807) is 0 Å². The molecule has 4 heteroatoms. The number of esters is 1. The summed E-state index contributed by atoms with van der Waals surface area (Å²) in [6.45, 7) is 5.44. The Morgan fingerprint density at radius 1 is 1.56 bits per heavy atom. The highest BCUT2D eigenvalue weighted by atomic mass is 16.5. The first kappa shape index (κ1) is 13.5. The summed E-state index contributed by atoms with van der Waals surface area (Å²) in [6.07, 6.45) is 3.59. The standard InChI is InChI=1S/C12H24N2O2/c1-4-8-14(3)10-6-7-12(13,9-10)11(15)16-5-2/h10H,4-9,13H2,1-3H3. The summed E-state index contributed by atoms with van der Waals surface area (Å²) < 4.78 is 5.03. The quantitative estimate of drug-likeness (QED) is 0.717. The fraction of sp³-hybridized carbons (Fsp3) is 0.917. The van der Waals surface area contributed by atoms with Gasteiger partial charge < -0.3 is 15.4 Å². The number of hydrogen-bond acceptors (Lipinski definition) is 4. The van der Waals surface area contributed by atoms with Gasteiger partial charge in [-0.15, -0.1) is 0 Å². The monoisotopic (exact) mass is 228 g/mol. The molecule has 0 aliphatic heterocycles. The van der Waals surface area contributed by atoms with Gasteiger partial charge in [-0.05, 0) is 46.2 Å². The van der Waals surface area contributed by atoms with Crippen molar-refractivity contribution in [2.45, 2.75) is 51.1 Å². The van der Waals surface area contributed by atoms with Crippen molar-refractivity contribution in [1.29, 1.82) is 0 Å². The van der Waals surface area contributed by atoms with E-state index in [4.69, 9.17) is 10.5 Å².